The first-order valence-electron chi connectivity index (χ1n) is 5.25. The monoisotopic (exact) mass is 185 g/mol. The summed E-state index contributed by atoms with van der Waals surface area (Å²) in [4.78, 5) is 0. The van der Waals surface area contributed by atoms with E-state index in [0.717, 1.165) is 17.9 Å². The fourth-order valence-electron chi connectivity index (χ4n) is 2.28. The predicted molar refractivity (Wildman–Crippen MR) is 57.1 cm³/mol. The lowest BCUT2D eigenvalue weighted by Gasteiger charge is -2.28. The minimum Gasteiger partial charge on any atom is -0.192 e. The van der Waals surface area contributed by atoms with Crippen LogP contribution in [0, 0.1) is 17.2 Å². The van der Waals surface area contributed by atoms with Gasteiger partial charge in [-0.15, -0.1) is 0 Å². The van der Waals surface area contributed by atoms with E-state index in [-0.39, 0.29) is 0 Å². The van der Waals surface area contributed by atoms with E-state index in [9.17, 15) is 0 Å². The number of nitriles is 1. The molecule has 2 rings (SSSR count). The first-order chi connectivity index (χ1) is 6.72. The van der Waals surface area contributed by atoms with Gasteiger partial charge in [0, 0.05) is 0 Å². The van der Waals surface area contributed by atoms with Gasteiger partial charge < -0.3 is 0 Å². The van der Waals surface area contributed by atoms with Crippen LogP contribution in [0.15, 0.2) is 18.2 Å². The van der Waals surface area contributed by atoms with Crippen molar-refractivity contribution in [3.63, 3.8) is 0 Å². The molecule has 1 heteroatoms. The van der Waals surface area contributed by atoms with Gasteiger partial charge in [-0.3, -0.25) is 0 Å². The molecule has 2 atom stereocenters. The normalized spacial score (nSPS) is 25.2. The summed E-state index contributed by atoms with van der Waals surface area (Å²) in [5, 5.41) is 8.81. The lowest BCUT2D eigenvalue weighted by molar-refractivity contribution is 0.426. The molecule has 1 aliphatic rings. The summed E-state index contributed by atoms with van der Waals surface area (Å²) in [5.41, 5.74) is 3.63. The number of benzene rings is 1. The zero-order valence-corrected chi connectivity index (χ0v) is 8.75. The zero-order valence-electron chi connectivity index (χ0n) is 8.75. The zero-order chi connectivity index (χ0) is 10.1. The molecular weight excluding hydrogens is 170 g/mol. The molecule has 0 aromatic heterocycles. The van der Waals surface area contributed by atoms with Crippen LogP contribution in [0.4, 0.5) is 0 Å². The average Bonchev–Trinajstić information content (AvgIpc) is 2.23. The third kappa shape index (κ3) is 1.42. The van der Waals surface area contributed by atoms with Gasteiger partial charge in [0.15, 0.2) is 0 Å². The van der Waals surface area contributed by atoms with E-state index in [0.29, 0.717) is 5.92 Å². The molecule has 1 aliphatic carbocycles. The van der Waals surface area contributed by atoms with Crippen molar-refractivity contribution in [1.82, 2.24) is 0 Å². The third-order valence-electron chi connectivity index (χ3n) is 3.49. The summed E-state index contributed by atoms with van der Waals surface area (Å²) in [6.07, 6.45) is 2.39. The van der Waals surface area contributed by atoms with Crippen molar-refractivity contribution in [2.45, 2.75) is 32.6 Å². The van der Waals surface area contributed by atoms with Crippen molar-refractivity contribution in [1.29, 1.82) is 5.26 Å². The van der Waals surface area contributed by atoms with Gasteiger partial charge >= 0.3 is 0 Å². The summed E-state index contributed by atoms with van der Waals surface area (Å²) in [6, 6.07) is 8.33. The minimum atomic E-state index is 0.645. The van der Waals surface area contributed by atoms with Crippen LogP contribution in [-0.2, 0) is 6.42 Å². The first-order valence-corrected chi connectivity index (χ1v) is 5.25. The van der Waals surface area contributed by atoms with E-state index >= 15 is 0 Å². The molecule has 0 saturated heterocycles. The Morgan fingerprint density at radius 3 is 2.86 bits per heavy atom. The Morgan fingerprint density at radius 1 is 1.36 bits per heavy atom. The number of hydrogen-bond donors (Lipinski definition) is 0. The molecule has 0 N–H and O–H groups in total. The largest absolute Gasteiger partial charge is 0.192 e. The quantitative estimate of drug-likeness (QED) is 0.608. The van der Waals surface area contributed by atoms with Crippen LogP contribution in [0.25, 0.3) is 0 Å². The maximum Gasteiger partial charge on any atom is 0.0991 e. The van der Waals surface area contributed by atoms with Gasteiger partial charge in [0.25, 0.3) is 0 Å². The molecule has 14 heavy (non-hydrogen) atoms. The summed E-state index contributed by atoms with van der Waals surface area (Å²) < 4.78 is 0. The lowest BCUT2D eigenvalue weighted by Crippen LogP contribution is -2.15. The van der Waals surface area contributed by atoms with Gasteiger partial charge in [0.1, 0.15) is 0 Å². The van der Waals surface area contributed by atoms with Gasteiger partial charge in [-0.2, -0.15) is 5.26 Å². The molecular formula is C13H15N. The van der Waals surface area contributed by atoms with Crippen molar-refractivity contribution in [2.24, 2.45) is 5.92 Å². The van der Waals surface area contributed by atoms with Crippen molar-refractivity contribution in [3.8, 4) is 6.07 Å². The molecule has 0 fully saturated rings. The predicted octanol–water partition coefficient (Wildman–Crippen LogP) is 3.24. The Morgan fingerprint density at radius 2 is 2.14 bits per heavy atom. The second-order valence-corrected chi connectivity index (χ2v) is 4.33. The maximum atomic E-state index is 8.81. The van der Waals surface area contributed by atoms with E-state index in [1.165, 1.54) is 17.5 Å². The smallest absolute Gasteiger partial charge is 0.0991 e. The molecule has 0 aliphatic heterocycles. The van der Waals surface area contributed by atoms with Crippen LogP contribution in [0.3, 0.4) is 0 Å². The summed E-state index contributed by atoms with van der Waals surface area (Å²) >= 11 is 0. The van der Waals surface area contributed by atoms with Gasteiger partial charge in [0.05, 0.1) is 11.6 Å². The molecule has 72 valence electrons. The van der Waals surface area contributed by atoms with E-state index in [4.69, 9.17) is 5.26 Å². The average molecular weight is 185 g/mol. The topological polar surface area (TPSA) is 23.8 Å². The molecule has 1 aromatic carbocycles. The van der Waals surface area contributed by atoms with Crippen LogP contribution < -0.4 is 0 Å². The Balaban J connectivity index is 2.45. The van der Waals surface area contributed by atoms with Crippen LogP contribution in [-0.4, -0.2) is 0 Å². The van der Waals surface area contributed by atoms with Crippen LogP contribution in [0.5, 0.6) is 0 Å². The van der Waals surface area contributed by atoms with Gasteiger partial charge in [-0.25, -0.2) is 0 Å². The SMILES string of the molecule is CC1CCc2cc(C#N)ccc2C1C. The maximum absolute atomic E-state index is 8.81. The molecule has 0 spiro atoms. The second-order valence-electron chi connectivity index (χ2n) is 4.33. The summed E-state index contributed by atoms with van der Waals surface area (Å²) in [7, 11) is 0. The number of rotatable bonds is 0. The molecule has 0 amide bonds. The number of nitrogens with zero attached hydrogens (tertiary/aromatic N) is 1. The van der Waals surface area contributed by atoms with E-state index in [1.54, 1.807) is 0 Å². The standard InChI is InChI=1S/C13H15N/c1-9-3-5-12-7-11(8-14)4-6-13(12)10(9)2/h4,6-7,9-10H,3,5H2,1-2H3. The molecule has 0 saturated carbocycles. The number of hydrogen-bond acceptors (Lipinski definition) is 1. The first kappa shape index (κ1) is 9.27. The highest BCUT2D eigenvalue weighted by Crippen LogP contribution is 2.35. The van der Waals surface area contributed by atoms with Crippen molar-refractivity contribution < 1.29 is 0 Å². The molecule has 1 nitrogen and oxygen atoms in total. The Hall–Kier alpha value is -1.29. The summed E-state index contributed by atoms with van der Waals surface area (Å²) in [5.74, 6) is 1.42. The van der Waals surface area contributed by atoms with Crippen molar-refractivity contribution in [3.05, 3.63) is 34.9 Å². The van der Waals surface area contributed by atoms with E-state index < -0.39 is 0 Å². The van der Waals surface area contributed by atoms with E-state index in [1.807, 2.05) is 6.07 Å². The third-order valence-corrected chi connectivity index (χ3v) is 3.49. The highest BCUT2D eigenvalue weighted by molar-refractivity contribution is 5.41. The Bertz CT molecular complexity index is 387. The highest BCUT2D eigenvalue weighted by Gasteiger charge is 2.22. The fourth-order valence-corrected chi connectivity index (χ4v) is 2.28. The van der Waals surface area contributed by atoms with Gasteiger partial charge in [-0.05, 0) is 47.9 Å². The number of fused-ring (bicyclic) bond motifs is 1. The van der Waals surface area contributed by atoms with Gasteiger partial charge in [-0.1, -0.05) is 19.9 Å². The van der Waals surface area contributed by atoms with E-state index in [2.05, 4.69) is 32.0 Å². The summed E-state index contributed by atoms with van der Waals surface area (Å²) in [6.45, 7) is 4.60. The Labute approximate surface area is 85.4 Å². The minimum absolute atomic E-state index is 0.645. The lowest BCUT2D eigenvalue weighted by atomic mass is 9.77. The molecule has 0 radical (unpaired) electrons. The number of aryl methyl sites for hydroxylation is 1. The molecule has 0 heterocycles. The van der Waals surface area contributed by atoms with Crippen molar-refractivity contribution >= 4 is 0 Å². The van der Waals surface area contributed by atoms with Gasteiger partial charge in [0.2, 0.25) is 0 Å². The van der Waals surface area contributed by atoms with Crippen LogP contribution in [0.1, 0.15) is 42.9 Å². The Kier molecular flexibility index (Phi) is 2.29. The van der Waals surface area contributed by atoms with Crippen LogP contribution in [0.2, 0.25) is 0 Å². The van der Waals surface area contributed by atoms with Crippen LogP contribution >= 0.6 is 0 Å². The highest BCUT2D eigenvalue weighted by atomic mass is 14.3. The molecule has 1 aromatic rings. The second kappa shape index (κ2) is 3.46. The van der Waals surface area contributed by atoms with Crippen molar-refractivity contribution in [2.75, 3.05) is 0 Å². The molecule has 0 bridgehead atoms. The fraction of sp³-hybridized carbons (Fsp3) is 0.462. The molecule has 2 unspecified atom stereocenters.